The second kappa shape index (κ2) is 7.29. The van der Waals surface area contributed by atoms with Crippen LogP contribution < -0.4 is 10.1 Å². The highest BCUT2D eigenvalue weighted by Crippen LogP contribution is 2.26. The maximum Gasteiger partial charge on any atom is 0.169 e. The van der Waals surface area contributed by atoms with Gasteiger partial charge in [0.2, 0.25) is 0 Å². The summed E-state index contributed by atoms with van der Waals surface area (Å²) in [6.07, 6.45) is 1.83. The van der Waals surface area contributed by atoms with Gasteiger partial charge in [0.1, 0.15) is 12.1 Å². The van der Waals surface area contributed by atoms with Crippen LogP contribution in [-0.4, -0.2) is 40.6 Å². The van der Waals surface area contributed by atoms with E-state index in [-0.39, 0.29) is 12.1 Å². The van der Waals surface area contributed by atoms with Gasteiger partial charge in [0.05, 0.1) is 36.9 Å². The van der Waals surface area contributed by atoms with Gasteiger partial charge in [0.25, 0.3) is 0 Å². The molecule has 1 aliphatic rings. The van der Waals surface area contributed by atoms with Crippen LogP contribution in [0.4, 0.5) is 0 Å². The third-order valence-corrected chi connectivity index (χ3v) is 3.79. The Bertz CT molecular complexity index is 653. The van der Waals surface area contributed by atoms with E-state index in [0.29, 0.717) is 23.9 Å². The van der Waals surface area contributed by atoms with Gasteiger partial charge in [-0.25, -0.2) is 9.67 Å². The number of benzene rings is 1. The largest absolute Gasteiger partial charge is 0.489 e. The lowest BCUT2D eigenvalue weighted by atomic mass is 10.2. The Morgan fingerprint density at radius 3 is 3.04 bits per heavy atom. The molecule has 1 fully saturated rings. The van der Waals surface area contributed by atoms with Crippen LogP contribution in [0.5, 0.6) is 5.75 Å². The zero-order chi connectivity index (χ0) is 16.2. The maximum absolute atomic E-state index is 6.27. The van der Waals surface area contributed by atoms with Gasteiger partial charge in [0, 0.05) is 6.54 Å². The number of aromatic nitrogens is 3. The quantitative estimate of drug-likeness (QED) is 0.908. The number of hydrogen-bond acceptors (Lipinski definition) is 5. The van der Waals surface area contributed by atoms with Crippen molar-refractivity contribution in [3.63, 3.8) is 0 Å². The molecule has 0 saturated carbocycles. The minimum atomic E-state index is 0.0652. The maximum atomic E-state index is 6.27. The number of morpholine rings is 1. The number of hydrogen-bond donors (Lipinski definition) is 1. The van der Waals surface area contributed by atoms with Crippen molar-refractivity contribution in [3.8, 4) is 5.75 Å². The fourth-order valence-electron chi connectivity index (χ4n) is 2.46. The summed E-state index contributed by atoms with van der Waals surface area (Å²) in [6, 6.07) is 5.86. The molecular weight excluding hydrogens is 316 g/mol. The monoisotopic (exact) mass is 336 g/mol. The molecule has 1 N–H and O–H groups in total. The molecule has 7 heteroatoms. The first-order chi connectivity index (χ1) is 11.1. The van der Waals surface area contributed by atoms with Crippen LogP contribution in [0.15, 0.2) is 24.5 Å². The van der Waals surface area contributed by atoms with Crippen molar-refractivity contribution in [2.45, 2.75) is 32.5 Å². The van der Waals surface area contributed by atoms with Crippen LogP contribution in [0.2, 0.25) is 5.02 Å². The number of halogens is 1. The molecule has 1 saturated heterocycles. The van der Waals surface area contributed by atoms with Crippen LogP contribution in [0.3, 0.4) is 0 Å². The normalized spacial score (nSPS) is 18.3. The van der Waals surface area contributed by atoms with E-state index in [1.807, 2.05) is 32.0 Å². The number of nitrogens with zero attached hydrogens (tertiary/aromatic N) is 3. The summed E-state index contributed by atoms with van der Waals surface area (Å²) in [5, 5.41) is 8.47. The third-order valence-electron chi connectivity index (χ3n) is 3.49. The predicted octanol–water partition coefficient (Wildman–Crippen LogP) is 2.43. The van der Waals surface area contributed by atoms with Crippen molar-refractivity contribution in [2.75, 3.05) is 19.8 Å². The van der Waals surface area contributed by atoms with Gasteiger partial charge in [-0.1, -0.05) is 17.7 Å². The fraction of sp³-hybridized carbons (Fsp3) is 0.500. The SMILES string of the molecule is CC(C)Oc1ccc(Cn2cnc(C3COCCN3)n2)cc1Cl. The van der Waals surface area contributed by atoms with E-state index in [9.17, 15) is 0 Å². The summed E-state index contributed by atoms with van der Waals surface area (Å²) >= 11 is 6.27. The molecule has 1 aromatic heterocycles. The van der Waals surface area contributed by atoms with E-state index >= 15 is 0 Å². The second-order valence-electron chi connectivity index (χ2n) is 5.81. The third kappa shape index (κ3) is 4.22. The van der Waals surface area contributed by atoms with E-state index < -0.39 is 0 Å². The summed E-state index contributed by atoms with van der Waals surface area (Å²) in [7, 11) is 0. The summed E-state index contributed by atoms with van der Waals surface area (Å²) in [6.45, 7) is 6.74. The van der Waals surface area contributed by atoms with Crippen molar-refractivity contribution in [1.82, 2.24) is 20.1 Å². The first-order valence-electron chi connectivity index (χ1n) is 7.77. The predicted molar refractivity (Wildman–Crippen MR) is 87.9 cm³/mol. The van der Waals surface area contributed by atoms with Crippen LogP contribution >= 0.6 is 11.6 Å². The number of ether oxygens (including phenoxy) is 2. The zero-order valence-electron chi connectivity index (χ0n) is 13.3. The van der Waals surface area contributed by atoms with Gasteiger partial charge in [-0.2, -0.15) is 5.10 Å². The fourth-order valence-corrected chi connectivity index (χ4v) is 2.70. The lowest BCUT2D eigenvalue weighted by molar-refractivity contribution is 0.0742. The minimum absolute atomic E-state index is 0.0652. The average Bonchev–Trinajstić information content (AvgIpc) is 2.99. The van der Waals surface area contributed by atoms with Gasteiger partial charge in [-0.15, -0.1) is 0 Å². The lowest BCUT2D eigenvalue weighted by Crippen LogP contribution is -2.35. The molecule has 1 unspecified atom stereocenters. The Kier molecular flexibility index (Phi) is 5.15. The molecular formula is C16H21ClN4O2. The summed E-state index contributed by atoms with van der Waals surface area (Å²) in [4.78, 5) is 4.37. The van der Waals surface area contributed by atoms with Crippen LogP contribution in [0.25, 0.3) is 0 Å². The van der Waals surface area contributed by atoms with Crippen LogP contribution in [0, 0.1) is 0 Å². The van der Waals surface area contributed by atoms with Gasteiger partial charge >= 0.3 is 0 Å². The summed E-state index contributed by atoms with van der Waals surface area (Å²) in [5.41, 5.74) is 1.05. The molecule has 2 heterocycles. The van der Waals surface area contributed by atoms with E-state index in [1.165, 1.54) is 0 Å². The summed E-state index contributed by atoms with van der Waals surface area (Å²) < 4.78 is 12.9. The Morgan fingerprint density at radius 1 is 1.48 bits per heavy atom. The molecule has 0 bridgehead atoms. The van der Waals surface area contributed by atoms with Gasteiger partial charge in [-0.05, 0) is 31.5 Å². The first kappa shape index (κ1) is 16.2. The molecule has 3 rings (SSSR count). The molecule has 0 amide bonds. The van der Waals surface area contributed by atoms with Gasteiger partial charge < -0.3 is 14.8 Å². The van der Waals surface area contributed by atoms with Crippen LogP contribution in [0.1, 0.15) is 31.3 Å². The number of rotatable bonds is 5. The molecule has 2 aromatic rings. The van der Waals surface area contributed by atoms with Crippen molar-refractivity contribution in [3.05, 3.63) is 40.9 Å². The lowest BCUT2D eigenvalue weighted by Gasteiger charge is -2.20. The standard InChI is InChI=1S/C16H21ClN4O2/c1-11(2)23-15-4-3-12(7-13(15)17)8-21-10-19-16(20-21)14-9-22-6-5-18-14/h3-4,7,10-11,14,18H,5-6,8-9H2,1-2H3. The van der Waals surface area contributed by atoms with Crippen molar-refractivity contribution < 1.29 is 9.47 Å². The second-order valence-corrected chi connectivity index (χ2v) is 6.22. The highest BCUT2D eigenvalue weighted by Gasteiger charge is 2.19. The molecule has 0 aliphatic carbocycles. The van der Waals surface area contributed by atoms with E-state index in [0.717, 1.165) is 24.5 Å². The molecule has 1 aliphatic heterocycles. The molecule has 0 radical (unpaired) electrons. The smallest absolute Gasteiger partial charge is 0.169 e. The molecule has 0 spiro atoms. The molecule has 1 aromatic carbocycles. The Labute approximate surface area is 140 Å². The van der Waals surface area contributed by atoms with Crippen molar-refractivity contribution in [2.24, 2.45) is 0 Å². The molecule has 23 heavy (non-hydrogen) atoms. The topological polar surface area (TPSA) is 61.2 Å². The Balaban J connectivity index is 1.67. The highest BCUT2D eigenvalue weighted by molar-refractivity contribution is 6.32. The van der Waals surface area contributed by atoms with Crippen molar-refractivity contribution >= 4 is 11.6 Å². The van der Waals surface area contributed by atoms with E-state index in [1.54, 1.807) is 11.0 Å². The Morgan fingerprint density at radius 2 is 2.35 bits per heavy atom. The molecule has 124 valence electrons. The minimum Gasteiger partial charge on any atom is -0.489 e. The van der Waals surface area contributed by atoms with E-state index in [2.05, 4.69) is 15.4 Å². The first-order valence-corrected chi connectivity index (χ1v) is 8.15. The molecule has 6 nitrogen and oxygen atoms in total. The van der Waals surface area contributed by atoms with E-state index in [4.69, 9.17) is 21.1 Å². The Hall–Kier alpha value is -1.63. The summed E-state index contributed by atoms with van der Waals surface area (Å²) in [5.74, 6) is 1.46. The van der Waals surface area contributed by atoms with Gasteiger partial charge in [0.15, 0.2) is 5.82 Å². The van der Waals surface area contributed by atoms with Crippen LogP contribution in [-0.2, 0) is 11.3 Å². The van der Waals surface area contributed by atoms with Crippen molar-refractivity contribution in [1.29, 1.82) is 0 Å². The number of nitrogens with one attached hydrogen (secondary N) is 1. The average molecular weight is 337 g/mol. The zero-order valence-corrected chi connectivity index (χ0v) is 14.1. The highest BCUT2D eigenvalue weighted by atomic mass is 35.5. The molecule has 1 atom stereocenters. The van der Waals surface area contributed by atoms with Gasteiger partial charge in [-0.3, -0.25) is 0 Å².